The Morgan fingerprint density at radius 3 is 2.62 bits per heavy atom. The molecule has 1 aromatic carbocycles. The van der Waals surface area contributed by atoms with Gasteiger partial charge >= 0.3 is 13.2 Å². The average Bonchev–Trinajstić information content (AvgIpc) is 3.05. The van der Waals surface area contributed by atoms with E-state index in [0.29, 0.717) is 6.61 Å². The molecule has 0 bridgehead atoms. The first kappa shape index (κ1) is 19.2. The van der Waals surface area contributed by atoms with Crippen molar-refractivity contribution in [3.63, 3.8) is 0 Å². The third-order valence-corrected chi connectivity index (χ3v) is 5.80. The maximum atomic E-state index is 12.0. The molecule has 1 N–H and O–H groups in total. The second-order valence-electron chi connectivity index (χ2n) is 8.27. The standard InChI is InChI=1S/C20H30BNO4/c1-6-7-12-24-18(23)22-17-11-9-14-8-10-15(13-16(14)17)21-25-19(2,3)20(4,5)26-21/h8,10,13,17H,6-7,9,11-12H2,1-5H3,(H,22,23). The molecule has 1 fully saturated rings. The quantitative estimate of drug-likeness (QED) is 0.646. The van der Waals surface area contributed by atoms with Crippen molar-refractivity contribution < 1.29 is 18.8 Å². The molecule has 0 spiro atoms. The van der Waals surface area contributed by atoms with Crippen molar-refractivity contribution in [2.75, 3.05) is 6.61 Å². The molecule has 1 amide bonds. The maximum Gasteiger partial charge on any atom is 0.494 e. The lowest BCUT2D eigenvalue weighted by molar-refractivity contribution is 0.00578. The van der Waals surface area contributed by atoms with Crippen LogP contribution in [0.15, 0.2) is 18.2 Å². The first-order valence-electron chi connectivity index (χ1n) is 9.65. The third kappa shape index (κ3) is 3.76. The summed E-state index contributed by atoms with van der Waals surface area (Å²) in [6, 6.07) is 6.30. The number of ether oxygens (including phenoxy) is 1. The fourth-order valence-electron chi connectivity index (χ4n) is 3.39. The van der Waals surface area contributed by atoms with Gasteiger partial charge in [0.2, 0.25) is 0 Å². The number of carbonyl (C=O) groups excluding carboxylic acids is 1. The number of aryl methyl sites for hydroxylation is 1. The molecule has 3 rings (SSSR count). The highest BCUT2D eigenvalue weighted by molar-refractivity contribution is 6.62. The molecule has 1 aromatic rings. The number of hydrogen-bond acceptors (Lipinski definition) is 4. The number of unbranched alkanes of at least 4 members (excludes halogenated alkanes) is 1. The van der Waals surface area contributed by atoms with Crippen LogP contribution in [0.1, 0.15) is 71.0 Å². The van der Waals surface area contributed by atoms with Crippen molar-refractivity contribution in [2.24, 2.45) is 0 Å². The van der Waals surface area contributed by atoms with Gasteiger partial charge in [0.15, 0.2) is 0 Å². The van der Waals surface area contributed by atoms with Gasteiger partial charge < -0.3 is 19.4 Å². The summed E-state index contributed by atoms with van der Waals surface area (Å²) in [7, 11) is -0.386. The van der Waals surface area contributed by atoms with Gasteiger partial charge in [-0.2, -0.15) is 0 Å². The van der Waals surface area contributed by atoms with E-state index in [1.165, 1.54) is 5.56 Å². The molecule has 6 heteroatoms. The number of rotatable bonds is 5. The van der Waals surface area contributed by atoms with Crippen LogP contribution in [0.2, 0.25) is 0 Å². The van der Waals surface area contributed by atoms with E-state index in [4.69, 9.17) is 14.0 Å². The van der Waals surface area contributed by atoms with Gasteiger partial charge in [0.1, 0.15) is 0 Å². The van der Waals surface area contributed by atoms with E-state index in [2.05, 4.69) is 58.1 Å². The van der Waals surface area contributed by atoms with E-state index in [-0.39, 0.29) is 30.5 Å². The summed E-state index contributed by atoms with van der Waals surface area (Å²) in [5.74, 6) is 0. The van der Waals surface area contributed by atoms with Gasteiger partial charge in [0, 0.05) is 0 Å². The molecule has 1 atom stereocenters. The summed E-state index contributed by atoms with van der Waals surface area (Å²) in [4.78, 5) is 12.0. The van der Waals surface area contributed by atoms with Gasteiger partial charge in [-0.05, 0) is 63.5 Å². The van der Waals surface area contributed by atoms with Crippen molar-refractivity contribution in [3.05, 3.63) is 29.3 Å². The largest absolute Gasteiger partial charge is 0.494 e. The number of fused-ring (bicyclic) bond motifs is 1. The van der Waals surface area contributed by atoms with E-state index in [9.17, 15) is 4.79 Å². The fraction of sp³-hybridized carbons (Fsp3) is 0.650. The van der Waals surface area contributed by atoms with Crippen LogP contribution in [0.5, 0.6) is 0 Å². The molecule has 2 aliphatic rings. The highest BCUT2D eigenvalue weighted by Gasteiger charge is 2.51. The number of hydrogen-bond donors (Lipinski definition) is 1. The Morgan fingerprint density at radius 2 is 1.96 bits per heavy atom. The molecule has 5 nitrogen and oxygen atoms in total. The molecule has 1 aliphatic carbocycles. The van der Waals surface area contributed by atoms with Crippen LogP contribution in [0, 0.1) is 0 Å². The molecule has 1 unspecified atom stereocenters. The second-order valence-corrected chi connectivity index (χ2v) is 8.27. The monoisotopic (exact) mass is 359 g/mol. The smallest absolute Gasteiger partial charge is 0.450 e. The molecule has 0 saturated carbocycles. The maximum absolute atomic E-state index is 12.0. The van der Waals surface area contributed by atoms with Crippen LogP contribution in [0.4, 0.5) is 4.79 Å². The Hall–Kier alpha value is -1.53. The van der Waals surface area contributed by atoms with Crippen LogP contribution < -0.4 is 10.8 Å². The van der Waals surface area contributed by atoms with Gasteiger partial charge in [-0.1, -0.05) is 31.5 Å². The molecular weight excluding hydrogens is 329 g/mol. The zero-order chi connectivity index (χ0) is 18.9. The molecule has 0 radical (unpaired) electrons. The second kappa shape index (κ2) is 7.24. The molecule has 1 heterocycles. The highest BCUT2D eigenvalue weighted by Crippen LogP contribution is 2.37. The van der Waals surface area contributed by atoms with Crippen LogP contribution in [0.3, 0.4) is 0 Å². The van der Waals surface area contributed by atoms with Crippen molar-refractivity contribution in [3.8, 4) is 0 Å². The molecular formula is C20H30BNO4. The van der Waals surface area contributed by atoms with Gasteiger partial charge in [-0.15, -0.1) is 0 Å². The normalized spacial score (nSPS) is 23.0. The Labute approximate surface area is 156 Å². The number of benzene rings is 1. The van der Waals surface area contributed by atoms with Gasteiger partial charge in [-0.25, -0.2) is 4.79 Å². The summed E-state index contributed by atoms with van der Waals surface area (Å²) >= 11 is 0. The molecule has 0 aromatic heterocycles. The summed E-state index contributed by atoms with van der Waals surface area (Å²) in [5, 5.41) is 3.00. The molecule has 1 saturated heterocycles. The first-order chi connectivity index (χ1) is 12.2. The van der Waals surface area contributed by atoms with Crippen molar-refractivity contribution in [1.82, 2.24) is 5.32 Å². The molecule has 26 heavy (non-hydrogen) atoms. The Kier molecular flexibility index (Phi) is 5.36. The Morgan fingerprint density at radius 1 is 1.27 bits per heavy atom. The fourth-order valence-corrected chi connectivity index (χ4v) is 3.39. The minimum Gasteiger partial charge on any atom is -0.450 e. The third-order valence-electron chi connectivity index (χ3n) is 5.80. The van der Waals surface area contributed by atoms with Crippen molar-refractivity contribution in [1.29, 1.82) is 0 Å². The van der Waals surface area contributed by atoms with Crippen molar-refractivity contribution >= 4 is 18.7 Å². The predicted octanol–water partition coefficient (Wildman–Crippen LogP) is 3.50. The minimum atomic E-state index is -0.386. The number of nitrogens with one attached hydrogen (secondary N) is 1. The number of carbonyl (C=O) groups is 1. The zero-order valence-electron chi connectivity index (χ0n) is 16.6. The van der Waals surface area contributed by atoms with Crippen LogP contribution in [-0.2, 0) is 20.5 Å². The highest BCUT2D eigenvalue weighted by atomic mass is 16.7. The number of amides is 1. The Balaban J connectivity index is 1.71. The van der Waals surface area contributed by atoms with Crippen LogP contribution >= 0.6 is 0 Å². The summed E-state index contributed by atoms with van der Waals surface area (Å²) in [5.41, 5.74) is 2.68. The molecule has 142 valence electrons. The van der Waals surface area contributed by atoms with E-state index in [1.54, 1.807) is 0 Å². The van der Waals surface area contributed by atoms with Crippen LogP contribution in [0.25, 0.3) is 0 Å². The van der Waals surface area contributed by atoms with Crippen LogP contribution in [-0.4, -0.2) is 31.0 Å². The van der Waals surface area contributed by atoms with Gasteiger partial charge in [-0.3, -0.25) is 0 Å². The number of alkyl carbamates (subject to hydrolysis) is 1. The van der Waals surface area contributed by atoms with Gasteiger partial charge in [0.05, 0.1) is 23.9 Å². The average molecular weight is 359 g/mol. The van der Waals surface area contributed by atoms with E-state index in [1.807, 2.05) is 0 Å². The molecule has 1 aliphatic heterocycles. The summed E-state index contributed by atoms with van der Waals surface area (Å²) in [6.45, 7) is 10.8. The Bertz CT molecular complexity index is 658. The van der Waals surface area contributed by atoms with E-state index in [0.717, 1.165) is 36.7 Å². The van der Waals surface area contributed by atoms with Gasteiger partial charge in [0.25, 0.3) is 0 Å². The summed E-state index contributed by atoms with van der Waals surface area (Å²) in [6.07, 6.45) is 3.42. The minimum absolute atomic E-state index is 0.0125. The lowest BCUT2D eigenvalue weighted by Crippen LogP contribution is -2.41. The lowest BCUT2D eigenvalue weighted by Gasteiger charge is -2.32. The first-order valence-corrected chi connectivity index (χ1v) is 9.65. The lowest BCUT2D eigenvalue weighted by atomic mass is 9.77. The van der Waals surface area contributed by atoms with E-state index >= 15 is 0 Å². The zero-order valence-corrected chi connectivity index (χ0v) is 16.6. The topological polar surface area (TPSA) is 56.8 Å². The van der Waals surface area contributed by atoms with E-state index < -0.39 is 0 Å². The van der Waals surface area contributed by atoms with Crippen molar-refractivity contribution in [2.45, 2.75) is 77.5 Å². The SMILES string of the molecule is CCCCOC(=O)NC1CCc2ccc(B3OC(C)(C)C(C)(C)O3)cc21. The predicted molar refractivity (Wildman–Crippen MR) is 103 cm³/mol. The summed E-state index contributed by atoms with van der Waals surface area (Å²) < 4.78 is 17.6.